The van der Waals surface area contributed by atoms with Crippen molar-refractivity contribution < 1.29 is 4.39 Å². The second-order valence-electron chi connectivity index (χ2n) is 4.25. The van der Waals surface area contributed by atoms with E-state index in [1.54, 1.807) is 12.1 Å². The van der Waals surface area contributed by atoms with Crippen molar-refractivity contribution in [3.05, 3.63) is 71.6 Å². The lowest BCUT2D eigenvalue weighted by molar-refractivity contribution is 0.627. The number of halogens is 1. The number of rotatable bonds is 2. The molecule has 0 aliphatic heterocycles. The van der Waals surface area contributed by atoms with Gasteiger partial charge in [-0.25, -0.2) is 9.37 Å². The van der Waals surface area contributed by atoms with Gasteiger partial charge in [0.25, 0.3) is 0 Å². The highest BCUT2D eigenvalue weighted by Crippen LogP contribution is 2.15. The molecule has 0 spiro atoms. The lowest BCUT2D eigenvalue weighted by Crippen LogP contribution is -1.96. The molecule has 0 saturated heterocycles. The van der Waals surface area contributed by atoms with Crippen LogP contribution < -0.4 is 0 Å². The third-order valence-corrected chi connectivity index (χ3v) is 3.00. The van der Waals surface area contributed by atoms with Gasteiger partial charge in [-0.3, -0.25) is 0 Å². The van der Waals surface area contributed by atoms with Gasteiger partial charge in [0.05, 0.1) is 5.52 Å². The minimum Gasteiger partial charge on any atom is -0.302 e. The second kappa shape index (κ2) is 4.54. The first-order valence-electron chi connectivity index (χ1n) is 5.88. The largest absolute Gasteiger partial charge is 0.302 e. The monoisotopic (exact) mass is 251 g/mol. The molecule has 0 fully saturated rings. The molecular formula is C15H10FN3. The van der Waals surface area contributed by atoms with Crippen LogP contribution in [0.2, 0.25) is 0 Å². The van der Waals surface area contributed by atoms with Crippen molar-refractivity contribution in [2.75, 3.05) is 0 Å². The van der Waals surface area contributed by atoms with E-state index in [4.69, 9.17) is 5.26 Å². The Labute approximate surface area is 109 Å². The standard InChI is InChI=1S/C15H10FN3/c16-12-6-4-11(5-7-12)9-15-18-13(10-17)14-3-1-2-8-19(14)15/h1-8H,9H2. The quantitative estimate of drug-likeness (QED) is 0.702. The van der Waals surface area contributed by atoms with Crippen molar-refractivity contribution in [3.8, 4) is 6.07 Å². The Kier molecular flexibility index (Phi) is 2.73. The van der Waals surface area contributed by atoms with Crippen LogP contribution in [0.4, 0.5) is 4.39 Å². The molecule has 3 nitrogen and oxygen atoms in total. The highest BCUT2D eigenvalue weighted by Gasteiger charge is 2.10. The van der Waals surface area contributed by atoms with Gasteiger partial charge in [0, 0.05) is 12.6 Å². The zero-order valence-electron chi connectivity index (χ0n) is 10.0. The number of hydrogen-bond donors (Lipinski definition) is 0. The number of pyridine rings is 1. The van der Waals surface area contributed by atoms with Crippen LogP contribution in [0, 0.1) is 17.1 Å². The van der Waals surface area contributed by atoms with Gasteiger partial charge in [-0.05, 0) is 29.8 Å². The Bertz CT molecular complexity index is 766. The molecule has 0 saturated carbocycles. The van der Waals surface area contributed by atoms with Crippen molar-refractivity contribution in [2.45, 2.75) is 6.42 Å². The number of nitriles is 1. The number of hydrogen-bond acceptors (Lipinski definition) is 2. The van der Waals surface area contributed by atoms with Crippen LogP contribution in [0.1, 0.15) is 17.1 Å². The smallest absolute Gasteiger partial charge is 0.166 e. The Morgan fingerprint density at radius 2 is 1.95 bits per heavy atom. The van der Waals surface area contributed by atoms with Gasteiger partial charge in [0.15, 0.2) is 5.69 Å². The molecule has 3 rings (SSSR count). The van der Waals surface area contributed by atoms with E-state index < -0.39 is 0 Å². The maximum atomic E-state index is 12.9. The van der Waals surface area contributed by atoms with Crippen molar-refractivity contribution in [3.63, 3.8) is 0 Å². The van der Waals surface area contributed by atoms with E-state index in [1.165, 1.54) is 12.1 Å². The lowest BCUT2D eigenvalue weighted by Gasteiger charge is -2.01. The molecule has 3 aromatic rings. The molecule has 0 aliphatic carbocycles. The lowest BCUT2D eigenvalue weighted by atomic mass is 10.1. The van der Waals surface area contributed by atoms with Crippen LogP contribution in [-0.4, -0.2) is 9.38 Å². The first-order valence-corrected chi connectivity index (χ1v) is 5.88. The van der Waals surface area contributed by atoms with E-state index in [1.807, 2.05) is 28.8 Å². The number of benzene rings is 1. The Morgan fingerprint density at radius 1 is 1.16 bits per heavy atom. The summed E-state index contributed by atoms with van der Waals surface area (Å²) in [6, 6.07) is 14.0. The van der Waals surface area contributed by atoms with Crippen LogP contribution in [0.25, 0.3) is 5.52 Å². The van der Waals surface area contributed by atoms with Gasteiger partial charge in [0.1, 0.15) is 17.7 Å². The van der Waals surface area contributed by atoms with Gasteiger partial charge < -0.3 is 4.40 Å². The van der Waals surface area contributed by atoms with Crippen LogP contribution >= 0.6 is 0 Å². The summed E-state index contributed by atoms with van der Waals surface area (Å²) in [5.74, 6) is 0.521. The first kappa shape index (κ1) is 11.4. The molecule has 0 unspecified atom stereocenters. The van der Waals surface area contributed by atoms with Crippen LogP contribution in [0.15, 0.2) is 48.7 Å². The molecule has 0 atom stereocenters. The van der Waals surface area contributed by atoms with Crippen LogP contribution in [0.3, 0.4) is 0 Å². The zero-order chi connectivity index (χ0) is 13.2. The molecular weight excluding hydrogens is 241 g/mol. The number of aromatic nitrogens is 2. The fourth-order valence-corrected chi connectivity index (χ4v) is 2.09. The van der Waals surface area contributed by atoms with Crippen molar-refractivity contribution >= 4 is 5.52 Å². The summed E-state index contributed by atoms with van der Waals surface area (Å²) in [4.78, 5) is 4.33. The molecule has 0 amide bonds. The van der Waals surface area contributed by atoms with E-state index in [-0.39, 0.29) is 5.82 Å². The summed E-state index contributed by atoms with van der Waals surface area (Å²) in [5.41, 5.74) is 2.17. The number of nitrogens with zero attached hydrogens (tertiary/aromatic N) is 3. The molecule has 0 aliphatic rings. The number of fused-ring (bicyclic) bond motifs is 1. The third-order valence-electron chi connectivity index (χ3n) is 3.00. The van der Waals surface area contributed by atoms with Crippen molar-refractivity contribution in [1.29, 1.82) is 5.26 Å². The minimum absolute atomic E-state index is 0.255. The summed E-state index contributed by atoms with van der Waals surface area (Å²) in [7, 11) is 0. The molecule has 4 heteroatoms. The second-order valence-corrected chi connectivity index (χ2v) is 4.25. The van der Waals surface area contributed by atoms with Gasteiger partial charge in [-0.15, -0.1) is 0 Å². The van der Waals surface area contributed by atoms with E-state index >= 15 is 0 Å². The predicted molar refractivity (Wildman–Crippen MR) is 69.1 cm³/mol. The van der Waals surface area contributed by atoms with Crippen LogP contribution in [-0.2, 0) is 6.42 Å². The molecule has 0 radical (unpaired) electrons. The third kappa shape index (κ3) is 2.06. The SMILES string of the molecule is N#Cc1nc(Cc2ccc(F)cc2)n2ccccc12. The number of imidazole rings is 1. The van der Waals surface area contributed by atoms with Crippen molar-refractivity contribution in [2.24, 2.45) is 0 Å². The van der Waals surface area contributed by atoms with E-state index in [0.717, 1.165) is 16.9 Å². The van der Waals surface area contributed by atoms with E-state index in [2.05, 4.69) is 11.1 Å². The first-order chi connectivity index (χ1) is 9.28. The molecule has 0 N–H and O–H groups in total. The molecule has 92 valence electrons. The predicted octanol–water partition coefficient (Wildman–Crippen LogP) is 2.94. The zero-order valence-corrected chi connectivity index (χ0v) is 10.0. The molecule has 0 bridgehead atoms. The fraction of sp³-hybridized carbons (Fsp3) is 0.0667. The maximum Gasteiger partial charge on any atom is 0.166 e. The fourth-order valence-electron chi connectivity index (χ4n) is 2.09. The Hall–Kier alpha value is -2.67. The van der Waals surface area contributed by atoms with Gasteiger partial charge >= 0.3 is 0 Å². The highest BCUT2D eigenvalue weighted by atomic mass is 19.1. The van der Waals surface area contributed by atoms with E-state index in [0.29, 0.717) is 12.1 Å². The Balaban J connectivity index is 2.06. The van der Waals surface area contributed by atoms with Gasteiger partial charge in [-0.2, -0.15) is 5.26 Å². The summed E-state index contributed by atoms with van der Waals surface area (Å²) in [6.45, 7) is 0. The van der Waals surface area contributed by atoms with Crippen molar-refractivity contribution in [1.82, 2.24) is 9.38 Å². The molecule has 19 heavy (non-hydrogen) atoms. The van der Waals surface area contributed by atoms with Crippen LogP contribution in [0.5, 0.6) is 0 Å². The van der Waals surface area contributed by atoms with Gasteiger partial charge in [-0.1, -0.05) is 18.2 Å². The Morgan fingerprint density at radius 3 is 2.68 bits per heavy atom. The molecule has 1 aromatic carbocycles. The maximum absolute atomic E-state index is 12.9. The summed E-state index contributed by atoms with van der Waals surface area (Å²) in [5, 5.41) is 9.08. The normalized spacial score (nSPS) is 10.5. The minimum atomic E-state index is -0.255. The summed E-state index contributed by atoms with van der Waals surface area (Å²) < 4.78 is 14.8. The highest BCUT2D eigenvalue weighted by molar-refractivity contribution is 5.58. The van der Waals surface area contributed by atoms with E-state index in [9.17, 15) is 4.39 Å². The average Bonchev–Trinajstić information content (AvgIpc) is 2.80. The topological polar surface area (TPSA) is 41.1 Å². The summed E-state index contributed by atoms with van der Waals surface area (Å²) in [6.07, 6.45) is 2.44. The summed E-state index contributed by atoms with van der Waals surface area (Å²) >= 11 is 0. The van der Waals surface area contributed by atoms with Gasteiger partial charge in [0.2, 0.25) is 0 Å². The molecule has 2 heterocycles. The molecule has 2 aromatic heterocycles. The average molecular weight is 251 g/mol.